The average Bonchev–Trinajstić information content (AvgIpc) is 1.91. The van der Waals surface area contributed by atoms with Gasteiger partial charge in [0, 0.05) is 6.04 Å². The van der Waals surface area contributed by atoms with E-state index < -0.39 is 0 Å². The van der Waals surface area contributed by atoms with Crippen LogP contribution in [0.1, 0.15) is 39.5 Å². The van der Waals surface area contributed by atoms with Crippen LogP contribution in [0.4, 0.5) is 0 Å². The van der Waals surface area contributed by atoms with Crippen molar-refractivity contribution < 1.29 is 0 Å². The van der Waals surface area contributed by atoms with Gasteiger partial charge in [-0.15, -0.1) is 0 Å². The first kappa shape index (κ1) is 8.92. The lowest BCUT2D eigenvalue weighted by molar-refractivity contribution is 0.464. The minimum atomic E-state index is 0.532. The number of hydrogen-bond donors (Lipinski definition) is 2. The normalized spacial score (nSPS) is 13.7. The molecule has 2 nitrogen and oxygen atoms in total. The number of rotatable bonds is 5. The van der Waals surface area contributed by atoms with Crippen molar-refractivity contribution in [1.82, 2.24) is 5.43 Å². The fourth-order valence-corrected chi connectivity index (χ4v) is 0.856. The van der Waals surface area contributed by atoms with Crippen molar-refractivity contribution in [2.75, 3.05) is 0 Å². The molecule has 3 N–H and O–H groups in total. The van der Waals surface area contributed by atoms with Crippen molar-refractivity contribution in [2.45, 2.75) is 45.6 Å². The van der Waals surface area contributed by atoms with Crippen LogP contribution in [0.3, 0.4) is 0 Å². The van der Waals surface area contributed by atoms with E-state index in [-0.39, 0.29) is 0 Å². The van der Waals surface area contributed by atoms with E-state index in [9.17, 15) is 0 Å². The third-order valence-electron chi connectivity index (χ3n) is 1.63. The first-order valence-electron chi connectivity index (χ1n) is 3.81. The van der Waals surface area contributed by atoms with Crippen LogP contribution in [0.25, 0.3) is 0 Å². The molecular weight excluding hydrogens is 112 g/mol. The highest BCUT2D eigenvalue weighted by Crippen LogP contribution is 2.01. The van der Waals surface area contributed by atoms with Gasteiger partial charge in [-0.25, -0.2) is 0 Å². The molecule has 0 radical (unpaired) electrons. The van der Waals surface area contributed by atoms with Crippen LogP contribution in [0.15, 0.2) is 0 Å². The molecule has 0 aromatic heterocycles. The molecule has 0 aromatic rings. The van der Waals surface area contributed by atoms with Crippen LogP contribution in [0.5, 0.6) is 0 Å². The zero-order chi connectivity index (χ0) is 7.11. The molecule has 56 valence electrons. The molecule has 0 spiro atoms. The molecule has 2 heteroatoms. The summed E-state index contributed by atoms with van der Waals surface area (Å²) in [6.45, 7) is 4.35. The standard InChI is InChI=1S/C7H18N2/c1-3-5-6-7(4-2)9-8/h7,9H,3-6,8H2,1-2H3. The Bertz CT molecular complexity index is 50.9. The summed E-state index contributed by atoms with van der Waals surface area (Å²) in [6.07, 6.45) is 4.89. The molecule has 0 bridgehead atoms. The Labute approximate surface area is 57.8 Å². The van der Waals surface area contributed by atoms with Gasteiger partial charge in [0.25, 0.3) is 0 Å². The molecule has 1 atom stereocenters. The Morgan fingerprint density at radius 1 is 1.44 bits per heavy atom. The molecule has 0 aromatic carbocycles. The van der Waals surface area contributed by atoms with E-state index in [2.05, 4.69) is 19.3 Å². The highest BCUT2D eigenvalue weighted by atomic mass is 15.2. The van der Waals surface area contributed by atoms with Crippen LogP contribution >= 0.6 is 0 Å². The maximum atomic E-state index is 5.27. The molecule has 0 aliphatic carbocycles. The van der Waals surface area contributed by atoms with E-state index in [1.54, 1.807) is 0 Å². The van der Waals surface area contributed by atoms with Gasteiger partial charge in [0.1, 0.15) is 0 Å². The van der Waals surface area contributed by atoms with Gasteiger partial charge in [0.15, 0.2) is 0 Å². The van der Waals surface area contributed by atoms with Gasteiger partial charge in [0.05, 0.1) is 0 Å². The number of unbranched alkanes of at least 4 members (excludes halogenated alkanes) is 1. The van der Waals surface area contributed by atoms with Gasteiger partial charge in [-0.3, -0.25) is 11.3 Å². The fourth-order valence-electron chi connectivity index (χ4n) is 0.856. The van der Waals surface area contributed by atoms with Crippen LogP contribution in [0, 0.1) is 0 Å². The molecule has 0 aliphatic heterocycles. The van der Waals surface area contributed by atoms with E-state index in [0.29, 0.717) is 6.04 Å². The van der Waals surface area contributed by atoms with Crippen LogP contribution in [-0.4, -0.2) is 6.04 Å². The van der Waals surface area contributed by atoms with Crippen molar-refractivity contribution in [1.29, 1.82) is 0 Å². The highest BCUT2D eigenvalue weighted by molar-refractivity contribution is 4.59. The van der Waals surface area contributed by atoms with E-state index in [1.807, 2.05) is 0 Å². The first-order valence-corrected chi connectivity index (χ1v) is 3.81. The SMILES string of the molecule is CCCCC(CC)NN. The third kappa shape index (κ3) is 4.43. The van der Waals surface area contributed by atoms with Crippen LogP contribution < -0.4 is 11.3 Å². The summed E-state index contributed by atoms with van der Waals surface area (Å²) in [4.78, 5) is 0. The Hall–Kier alpha value is -0.0800. The quantitative estimate of drug-likeness (QED) is 0.436. The monoisotopic (exact) mass is 130 g/mol. The number of nitrogens with two attached hydrogens (primary N) is 1. The van der Waals surface area contributed by atoms with Gasteiger partial charge in [-0.2, -0.15) is 0 Å². The van der Waals surface area contributed by atoms with Crippen molar-refractivity contribution in [3.8, 4) is 0 Å². The topological polar surface area (TPSA) is 38.0 Å². The Morgan fingerprint density at radius 3 is 2.44 bits per heavy atom. The Morgan fingerprint density at radius 2 is 2.11 bits per heavy atom. The summed E-state index contributed by atoms with van der Waals surface area (Å²) in [7, 11) is 0. The summed E-state index contributed by atoms with van der Waals surface area (Å²) in [5, 5.41) is 0. The molecule has 0 fully saturated rings. The van der Waals surface area contributed by atoms with E-state index >= 15 is 0 Å². The fraction of sp³-hybridized carbons (Fsp3) is 1.00. The zero-order valence-corrected chi connectivity index (χ0v) is 6.48. The largest absolute Gasteiger partial charge is 0.271 e. The van der Waals surface area contributed by atoms with E-state index in [0.717, 1.165) is 6.42 Å². The van der Waals surface area contributed by atoms with Gasteiger partial charge >= 0.3 is 0 Å². The highest BCUT2D eigenvalue weighted by Gasteiger charge is 1.99. The molecule has 0 aliphatic rings. The zero-order valence-electron chi connectivity index (χ0n) is 6.48. The lowest BCUT2D eigenvalue weighted by atomic mass is 10.1. The molecular formula is C7H18N2. The smallest absolute Gasteiger partial charge is 0.0207 e. The molecule has 1 unspecified atom stereocenters. The average molecular weight is 130 g/mol. The number of hydrazine groups is 1. The minimum absolute atomic E-state index is 0.532. The predicted octanol–water partition coefficient (Wildman–Crippen LogP) is 1.42. The molecule has 9 heavy (non-hydrogen) atoms. The maximum Gasteiger partial charge on any atom is 0.0207 e. The van der Waals surface area contributed by atoms with Gasteiger partial charge < -0.3 is 0 Å². The second-order valence-corrected chi connectivity index (χ2v) is 2.41. The van der Waals surface area contributed by atoms with Crippen molar-refractivity contribution in [3.63, 3.8) is 0 Å². The van der Waals surface area contributed by atoms with Crippen molar-refractivity contribution >= 4 is 0 Å². The molecule has 0 heterocycles. The summed E-state index contributed by atoms with van der Waals surface area (Å²) in [6, 6.07) is 0.532. The Balaban J connectivity index is 3.09. The molecule has 0 saturated carbocycles. The van der Waals surface area contributed by atoms with Gasteiger partial charge in [-0.1, -0.05) is 26.7 Å². The Kier molecular flexibility index (Phi) is 5.99. The van der Waals surface area contributed by atoms with E-state index in [4.69, 9.17) is 5.84 Å². The second kappa shape index (κ2) is 6.05. The molecule has 0 amide bonds. The number of hydrogen-bond acceptors (Lipinski definition) is 2. The maximum absolute atomic E-state index is 5.27. The summed E-state index contributed by atoms with van der Waals surface area (Å²) < 4.78 is 0. The minimum Gasteiger partial charge on any atom is -0.271 e. The number of nitrogens with one attached hydrogen (secondary N) is 1. The van der Waals surface area contributed by atoms with Crippen molar-refractivity contribution in [2.24, 2.45) is 5.84 Å². The van der Waals surface area contributed by atoms with E-state index in [1.165, 1.54) is 19.3 Å². The van der Waals surface area contributed by atoms with Crippen LogP contribution in [0.2, 0.25) is 0 Å². The summed E-state index contributed by atoms with van der Waals surface area (Å²) in [5.41, 5.74) is 2.79. The lowest BCUT2D eigenvalue weighted by Crippen LogP contribution is -2.34. The van der Waals surface area contributed by atoms with Crippen LogP contribution in [-0.2, 0) is 0 Å². The first-order chi connectivity index (χ1) is 4.35. The summed E-state index contributed by atoms with van der Waals surface area (Å²) in [5.74, 6) is 5.27. The predicted molar refractivity (Wildman–Crippen MR) is 40.9 cm³/mol. The second-order valence-electron chi connectivity index (χ2n) is 2.41. The van der Waals surface area contributed by atoms with Gasteiger partial charge in [0.2, 0.25) is 0 Å². The van der Waals surface area contributed by atoms with Gasteiger partial charge in [-0.05, 0) is 12.8 Å². The third-order valence-corrected chi connectivity index (χ3v) is 1.63. The van der Waals surface area contributed by atoms with Crippen molar-refractivity contribution in [3.05, 3.63) is 0 Å². The lowest BCUT2D eigenvalue weighted by Gasteiger charge is -2.11. The molecule has 0 saturated heterocycles. The molecule has 0 rings (SSSR count). The summed E-state index contributed by atoms with van der Waals surface area (Å²) >= 11 is 0.